The molecule has 0 radical (unpaired) electrons. The van der Waals surface area contributed by atoms with Crippen LogP contribution in [0.5, 0.6) is 0 Å². The molecule has 0 aliphatic carbocycles. The van der Waals surface area contributed by atoms with Crippen molar-refractivity contribution < 1.29 is 0 Å². The maximum Gasteiger partial charge on any atom is 0.226 e. The van der Waals surface area contributed by atoms with Crippen molar-refractivity contribution in [1.29, 1.82) is 0 Å². The maximum absolute atomic E-state index is 4.50. The largest absolute Gasteiger partial charge is 0.366 e. The number of hydrogen-bond donors (Lipinski definition) is 3. The first-order valence-electron chi connectivity index (χ1n) is 7.03. The zero-order chi connectivity index (χ0) is 14.5. The molecule has 3 N–H and O–H groups in total. The van der Waals surface area contributed by atoms with Crippen LogP contribution in [0, 0.1) is 0 Å². The van der Waals surface area contributed by atoms with E-state index in [1.807, 2.05) is 16.9 Å². The zero-order valence-electron chi connectivity index (χ0n) is 11.9. The molecule has 3 aromatic rings. The van der Waals surface area contributed by atoms with Crippen LogP contribution < -0.4 is 10.6 Å². The summed E-state index contributed by atoms with van der Waals surface area (Å²) in [7, 11) is 0. The molecule has 0 spiro atoms. The fourth-order valence-electron chi connectivity index (χ4n) is 2.00. The van der Waals surface area contributed by atoms with Gasteiger partial charge in [-0.3, -0.25) is 4.68 Å². The molecule has 0 fully saturated rings. The number of imidazole rings is 1. The molecule has 0 aliphatic rings. The van der Waals surface area contributed by atoms with E-state index in [1.54, 1.807) is 12.5 Å². The number of rotatable bonds is 7. The summed E-state index contributed by atoms with van der Waals surface area (Å²) in [5.74, 6) is 1.35. The second-order valence-corrected chi connectivity index (χ2v) is 4.62. The van der Waals surface area contributed by atoms with Crippen molar-refractivity contribution >= 4 is 22.9 Å². The van der Waals surface area contributed by atoms with E-state index in [9.17, 15) is 0 Å². The van der Waals surface area contributed by atoms with Crippen molar-refractivity contribution in [1.82, 2.24) is 29.7 Å². The van der Waals surface area contributed by atoms with Crippen molar-refractivity contribution in [2.45, 2.75) is 19.9 Å². The Labute approximate surface area is 122 Å². The van der Waals surface area contributed by atoms with Crippen LogP contribution in [-0.4, -0.2) is 42.8 Å². The lowest BCUT2D eigenvalue weighted by atomic mass is 10.4. The summed E-state index contributed by atoms with van der Waals surface area (Å²) < 4.78 is 1.87. The summed E-state index contributed by atoms with van der Waals surface area (Å²) in [5, 5.41) is 10.7. The van der Waals surface area contributed by atoms with E-state index >= 15 is 0 Å². The molecule has 0 saturated carbocycles. The third-order valence-electron chi connectivity index (χ3n) is 3.01. The molecule has 110 valence electrons. The molecule has 0 amide bonds. The highest BCUT2D eigenvalue weighted by atomic mass is 15.3. The van der Waals surface area contributed by atoms with E-state index in [2.05, 4.69) is 42.6 Å². The summed E-state index contributed by atoms with van der Waals surface area (Å²) in [6.45, 7) is 4.43. The van der Waals surface area contributed by atoms with Gasteiger partial charge in [0.15, 0.2) is 11.5 Å². The molecule has 0 saturated heterocycles. The van der Waals surface area contributed by atoms with Crippen molar-refractivity contribution in [3.63, 3.8) is 0 Å². The Morgan fingerprint density at radius 2 is 2.19 bits per heavy atom. The van der Waals surface area contributed by atoms with E-state index in [0.717, 1.165) is 37.4 Å². The highest BCUT2D eigenvalue weighted by Gasteiger charge is 2.09. The molecule has 8 nitrogen and oxygen atoms in total. The van der Waals surface area contributed by atoms with Crippen molar-refractivity contribution in [2.24, 2.45) is 0 Å². The van der Waals surface area contributed by atoms with Crippen LogP contribution in [-0.2, 0) is 6.54 Å². The van der Waals surface area contributed by atoms with Gasteiger partial charge in [0.2, 0.25) is 5.95 Å². The van der Waals surface area contributed by atoms with Crippen LogP contribution in [0.15, 0.2) is 24.8 Å². The highest BCUT2D eigenvalue weighted by Crippen LogP contribution is 2.18. The maximum atomic E-state index is 4.50. The average molecular weight is 286 g/mol. The Balaban J connectivity index is 1.74. The van der Waals surface area contributed by atoms with Gasteiger partial charge in [0.1, 0.15) is 5.52 Å². The van der Waals surface area contributed by atoms with E-state index in [4.69, 9.17) is 0 Å². The predicted molar refractivity (Wildman–Crippen MR) is 81.2 cm³/mol. The SMILES string of the molecule is CCCNc1nc(NCCn2cccn2)c2[nH]cnc2n1. The minimum atomic E-state index is 0.595. The highest BCUT2D eigenvalue weighted by molar-refractivity contribution is 5.83. The molecule has 0 aliphatic heterocycles. The van der Waals surface area contributed by atoms with Crippen molar-refractivity contribution in [2.75, 3.05) is 23.7 Å². The molecule has 0 unspecified atom stereocenters. The number of nitrogens with one attached hydrogen (secondary N) is 3. The number of anilines is 2. The molecular formula is C13H18N8. The first-order chi connectivity index (χ1) is 10.4. The predicted octanol–water partition coefficient (Wildman–Crippen LogP) is 1.48. The second-order valence-electron chi connectivity index (χ2n) is 4.62. The number of aromatic amines is 1. The van der Waals surface area contributed by atoms with Crippen LogP contribution in [0.2, 0.25) is 0 Å². The number of nitrogens with zero attached hydrogens (tertiary/aromatic N) is 5. The average Bonchev–Trinajstić information content (AvgIpc) is 3.15. The van der Waals surface area contributed by atoms with Gasteiger partial charge in [-0.2, -0.15) is 15.1 Å². The summed E-state index contributed by atoms with van der Waals surface area (Å²) >= 11 is 0. The first kappa shape index (κ1) is 13.3. The Morgan fingerprint density at radius 1 is 1.24 bits per heavy atom. The summed E-state index contributed by atoms with van der Waals surface area (Å²) in [4.78, 5) is 16.1. The number of H-pyrrole nitrogens is 1. The van der Waals surface area contributed by atoms with Crippen LogP contribution in [0.4, 0.5) is 11.8 Å². The molecule has 8 heteroatoms. The van der Waals surface area contributed by atoms with Gasteiger partial charge in [-0.15, -0.1) is 0 Å². The standard InChI is InChI=1S/C13H18N8/c1-2-4-15-13-19-11(10-12(20-13)17-9-16-10)14-6-8-21-7-3-5-18-21/h3,5,7,9H,2,4,6,8H2,1H3,(H3,14,15,16,17,19,20). The lowest BCUT2D eigenvalue weighted by molar-refractivity contribution is 0.637. The Hall–Kier alpha value is -2.64. The molecule has 0 atom stereocenters. The third-order valence-corrected chi connectivity index (χ3v) is 3.01. The minimum Gasteiger partial charge on any atom is -0.366 e. The van der Waals surface area contributed by atoms with E-state index in [1.165, 1.54) is 0 Å². The third kappa shape index (κ3) is 3.10. The van der Waals surface area contributed by atoms with E-state index in [0.29, 0.717) is 11.6 Å². The van der Waals surface area contributed by atoms with Gasteiger partial charge in [-0.05, 0) is 12.5 Å². The molecule has 0 aromatic carbocycles. The molecule has 21 heavy (non-hydrogen) atoms. The lowest BCUT2D eigenvalue weighted by Crippen LogP contribution is -2.13. The molecule has 0 bridgehead atoms. The topological polar surface area (TPSA) is 96.3 Å². The van der Waals surface area contributed by atoms with E-state index in [-0.39, 0.29) is 0 Å². The number of hydrogen-bond acceptors (Lipinski definition) is 6. The molecular weight excluding hydrogens is 268 g/mol. The molecule has 3 rings (SSSR count). The van der Waals surface area contributed by atoms with Crippen LogP contribution in [0.3, 0.4) is 0 Å². The summed E-state index contributed by atoms with van der Waals surface area (Å²) in [5.41, 5.74) is 1.47. The molecule has 3 heterocycles. The number of fused-ring (bicyclic) bond motifs is 1. The molecule has 3 aromatic heterocycles. The van der Waals surface area contributed by atoms with Gasteiger partial charge >= 0.3 is 0 Å². The Kier molecular flexibility index (Phi) is 3.95. The second kappa shape index (κ2) is 6.21. The van der Waals surface area contributed by atoms with Crippen LogP contribution in [0.25, 0.3) is 11.2 Å². The minimum absolute atomic E-state index is 0.595. The Bertz CT molecular complexity index is 687. The van der Waals surface area contributed by atoms with E-state index < -0.39 is 0 Å². The first-order valence-corrected chi connectivity index (χ1v) is 7.03. The monoisotopic (exact) mass is 286 g/mol. The fraction of sp³-hybridized carbons (Fsp3) is 0.385. The summed E-state index contributed by atoms with van der Waals surface area (Å²) in [6.07, 6.45) is 6.35. The lowest BCUT2D eigenvalue weighted by Gasteiger charge is -2.09. The fourth-order valence-corrected chi connectivity index (χ4v) is 2.00. The van der Waals surface area contributed by atoms with Crippen LogP contribution >= 0.6 is 0 Å². The van der Waals surface area contributed by atoms with Gasteiger partial charge < -0.3 is 15.6 Å². The van der Waals surface area contributed by atoms with Gasteiger partial charge in [0.05, 0.1) is 12.9 Å². The normalized spacial score (nSPS) is 10.9. The summed E-state index contributed by atoms with van der Waals surface area (Å²) in [6, 6.07) is 1.91. The zero-order valence-corrected chi connectivity index (χ0v) is 11.9. The number of aromatic nitrogens is 6. The van der Waals surface area contributed by atoms with Gasteiger partial charge in [-0.1, -0.05) is 6.92 Å². The van der Waals surface area contributed by atoms with Gasteiger partial charge in [0, 0.05) is 25.5 Å². The van der Waals surface area contributed by atoms with Crippen LogP contribution in [0.1, 0.15) is 13.3 Å². The smallest absolute Gasteiger partial charge is 0.226 e. The van der Waals surface area contributed by atoms with Crippen molar-refractivity contribution in [3.05, 3.63) is 24.8 Å². The van der Waals surface area contributed by atoms with Gasteiger partial charge in [-0.25, -0.2) is 4.98 Å². The quantitative estimate of drug-likeness (QED) is 0.609. The van der Waals surface area contributed by atoms with Gasteiger partial charge in [0.25, 0.3) is 0 Å². The van der Waals surface area contributed by atoms with Crippen molar-refractivity contribution in [3.8, 4) is 0 Å². The Morgan fingerprint density at radius 3 is 3.00 bits per heavy atom.